The summed E-state index contributed by atoms with van der Waals surface area (Å²) >= 11 is 0. The minimum absolute atomic E-state index is 0.0225. The third-order valence-electron chi connectivity index (χ3n) is 3.46. The van der Waals surface area contributed by atoms with Gasteiger partial charge in [0.1, 0.15) is 17.1 Å². The molecule has 0 fully saturated rings. The lowest BCUT2D eigenvalue weighted by molar-refractivity contribution is 0.0214. The fourth-order valence-electron chi connectivity index (χ4n) is 2.39. The number of methoxy groups -OCH3 is 2. The van der Waals surface area contributed by atoms with Gasteiger partial charge in [0, 0.05) is 38.2 Å². The van der Waals surface area contributed by atoms with Gasteiger partial charge >= 0.3 is 0 Å². The lowest BCUT2D eigenvalue weighted by Gasteiger charge is -2.38. The second-order valence-corrected chi connectivity index (χ2v) is 5.01. The number of hydrogen-bond acceptors (Lipinski definition) is 4. The maximum Gasteiger partial charge on any atom is 0.125 e. The van der Waals surface area contributed by atoms with Crippen molar-refractivity contribution in [2.45, 2.75) is 31.4 Å². The normalized spacial score (nSPS) is 26.3. The Kier molecular flexibility index (Phi) is 3.78. The lowest BCUT2D eigenvalue weighted by atomic mass is 9.87. The summed E-state index contributed by atoms with van der Waals surface area (Å²) in [5.41, 5.74) is 7.01. The molecule has 2 atom stereocenters. The fourth-order valence-corrected chi connectivity index (χ4v) is 2.39. The lowest BCUT2D eigenvalue weighted by Crippen LogP contribution is -2.41. The van der Waals surface area contributed by atoms with Crippen molar-refractivity contribution in [2.24, 2.45) is 5.73 Å². The molecule has 0 radical (unpaired) electrons. The Balaban J connectivity index is 2.23. The summed E-state index contributed by atoms with van der Waals surface area (Å²) in [5, 5.41) is 0. The number of benzene rings is 1. The van der Waals surface area contributed by atoms with Gasteiger partial charge < -0.3 is 19.9 Å². The zero-order chi connectivity index (χ0) is 13.2. The Labute approximate surface area is 108 Å². The predicted molar refractivity (Wildman–Crippen MR) is 70.1 cm³/mol. The first-order valence-electron chi connectivity index (χ1n) is 6.19. The highest BCUT2D eigenvalue weighted by molar-refractivity contribution is 5.44. The monoisotopic (exact) mass is 251 g/mol. The van der Waals surface area contributed by atoms with Crippen LogP contribution in [0.25, 0.3) is 0 Å². The highest BCUT2D eigenvalue weighted by atomic mass is 16.5. The van der Waals surface area contributed by atoms with Gasteiger partial charge in [-0.1, -0.05) is 0 Å². The molecular weight excluding hydrogens is 230 g/mol. The third kappa shape index (κ3) is 2.60. The third-order valence-corrected chi connectivity index (χ3v) is 3.46. The molecule has 1 aliphatic rings. The van der Waals surface area contributed by atoms with Gasteiger partial charge in [0.05, 0.1) is 7.11 Å². The van der Waals surface area contributed by atoms with E-state index in [1.807, 2.05) is 18.2 Å². The summed E-state index contributed by atoms with van der Waals surface area (Å²) in [6.07, 6.45) is 1.62. The van der Waals surface area contributed by atoms with Crippen LogP contribution in [-0.4, -0.2) is 26.4 Å². The smallest absolute Gasteiger partial charge is 0.125 e. The van der Waals surface area contributed by atoms with Crippen molar-refractivity contribution >= 4 is 0 Å². The summed E-state index contributed by atoms with van der Waals surface area (Å²) in [7, 11) is 3.35. The summed E-state index contributed by atoms with van der Waals surface area (Å²) in [4.78, 5) is 0. The Bertz CT molecular complexity index is 422. The van der Waals surface area contributed by atoms with Gasteiger partial charge in [-0.05, 0) is 25.1 Å². The van der Waals surface area contributed by atoms with Gasteiger partial charge in [-0.15, -0.1) is 0 Å². The molecule has 4 heteroatoms. The van der Waals surface area contributed by atoms with Crippen molar-refractivity contribution in [1.29, 1.82) is 0 Å². The maximum atomic E-state index is 6.24. The molecule has 0 aromatic heterocycles. The Morgan fingerprint density at radius 3 is 2.89 bits per heavy atom. The molecule has 0 saturated heterocycles. The van der Waals surface area contributed by atoms with E-state index in [0.29, 0.717) is 6.61 Å². The van der Waals surface area contributed by atoms with Crippen LogP contribution in [0.3, 0.4) is 0 Å². The SMILES string of the molecule is COCCC1(C)C[C@H](N)c2cc(OC)ccc2O1. The topological polar surface area (TPSA) is 53.7 Å². The van der Waals surface area contributed by atoms with Crippen LogP contribution < -0.4 is 15.2 Å². The molecule has 4 nitrogen and oxygen atoms in total. The van der Waals surface area contributed by atoms with Crippen LogP contribution in [0.2, 0.25) is 0 Å². The summed E-state index contributed by atoms with van der Waals surface area (Å²) in [6, 6.07) is 5.76. The minimum Gasteiger partial charge on any atom is -0.497 e. The molecular formula is C14H21NO3. The Hall–Kier alpha value is -1.26. The van der Waals surface area contributed by atoms with Crippen LogP contribution in [0.5, 0.6) is 11.5 Å². The molecule has 2 N–H and O–H groups in total. The van der Waals surface area contributed by atoms with Crippen LogP contribution in [0.1, 0.15) is 31.4 Å². The van der Waals surface area contributed by atoms with E-state index in [0.717, 1.165) is 29.9 Å². The van der Waals surface area contributed by atoms with Crippen molar-refractivity contribution in [1.82, 2.24) is 0 Å². The number of ether oxygens (including phenoxy) is 3. The van der Waals surface area contributed by atoms with Gasteiger partial charge in [-0.3, -0.25) is 0 Å². The van der Waals surface area contributed by atoms with E-state index in [2.05, 4.69) is 6.92 Å². The van der Waals surface area contributed by atoms with E-state index in [1.165, 1.54) is 0 Å². The summed E-state index contributed by atoms with van der Waals surface area (Å²) < 4.78 is 16.4. The molecule has 0 bridgehead atoms. The van der Waals surface area contributed by atoms with E-state index in [4.69, 9.17) is 19.9 Å². The maximum absolute atomic E-state index is 6.24. The van der Waals surface area contributed by atoms with E-state index in [1.54, 1.807) is 14.2 Å². The van der Waals surface area contributed by atoms with Crippen LogP contribution >= 0.6 is 0 Å². The number of rotatable bonds is 4. The van der Waals surface area contributed by atoms with Crippen LogP contribution in [-0.2, 0) is 4.74 Å². The first kappa shape index (κ1) is 13.2. The highest BCUT2D eigenvalue weighted by Gasteiger charge is 2.35. The van der Waals surface area contributed by atoms with Crippen LogP contribution in [0.15, 0.2) is 18.2 Å². The van der Waals surface area contributed by atoms with Gasteiger partial charge in [0.15, 0.2) is 0 Å². The fraction of sp³-hybridized carbons (Fsp3) is 0.571. The van der Waals surface area contributed by atoms with Crippen LogP contribution in [0, 0.1) is 0 Å². The predicted octanol–water partition coefficient (Wildman–Crippen LogP) is 2.27. The zero-order valence-electron chi connectivity index (χ0n) is 11.2. The number of nitrogens with two attached hydrogens (primary N) is 1. The molecule has 1 aromatic carbocycles. The average Bonchev–Trinajstić information content (AvgIpc) is 2.36. The van der Waals surface area contributed by atoms with E-state index in [9.17, 15) is 0 Å². The van der Waals surface area contributed by atoms with Crippen molar-refractivity contribution in [2.75, 3.05) is 20.8 Å². The van der Waals surface area contributed by atoms with Crippen molar-refractivity contribution in [3.05, 3.63) is 23.8 Å². The van der Waals surface area contributed by atoms with Crippen molar-refractivity contribution < 1.29 is 14.2 Å². The Morgan fingerprint density at radius 1 is 1.44 bits per heavy atom. The standard InChI is InChI=1S/C14H21NO3/c1-14(6-7-16-2)9-12(15)11-8-10(17-3)4-5-13(11)18-14/h4-5,8,12H,6-7,9,15H2,1-3H3/t12-,14?/m0/s1. The van der Waals surface area contributed by atoms with Gasteiger partial charge in [0.2, 0.25) is 0 Å². The second-order valence-electron chi connectivity index (χ2n) is 5.01. The van der Waals surface area contributed by atoms with E-state index >= 15 is 0 Å². The molecule has 0 amide bonds. The molecule has 1 heterocycles. The van der Waals surface area contributed by atoms with Crippen molar-refractivity contribution in [3.8, 4) is 11.5 Å². The molecule has 100 valence electrons. The van der Waals surface area contributed by atoms with E-state index < -0.39 is 0 Å². The molecule has 2 rings (SSSR count). The first-order chi connectivity index (χ1) is 8.58. The van der Waals surface area contributed by atoms with Gasteiger partial charge in [-0.25, -0.2) is 0 Å². The molecule has 1 aromatic rings. The van der Waals surface area contributed by atoms with Gasteiger partial charge in [-0.2, -0.15) is 0 Å². The highest BCUT2D eigenvalue weighted by Crippen LogP contribution is 2.41. The quantitative estimate of drug-likeness (QED) is 0.892. The molecule has 0 aliphatic carbocycles. The summed E-state index contributed by atoms with van der Waals surface area (Å²) in [6.45, 7) is 2.76. The average molecular weight is 251 g/mol. The number of hydrogen-bond donors (Lipinski definition) is 1. The molecule has 1 aliphatic heterocycles. The number of fused-ring (bicyclic) bond motifs is 1. The Morgan fingerprint density at radius 2 is 2.22 bits per heavy atom. The minimum atomic E-state index is -0.253. The van der Waals surface area contributed by atoms with Crippen LogP contribution in [0.4, 0.5) is 0 Å². The van der Waals surface area contributed by atoms with Crippen molar-refractivity contribution in [3.63, 3.8) is 0 Å². The molecule has 1 unspecified atom stereocenters. The largest absolute Gasteiger partial charge is 0.497 e. The first-order valence-corrected chi connectivity index (χ1v) is 6.19. The molecule has 0 saturated carbocycles. The van der Waals surface area contributed by atoms with E-state index in [-0.39, 0.29) is 11.6 Å². The summed E-state index contributed by atoms with van der Waals surface area (Å²) in [5.74, 6) is 1.67. The zero-order valence-corrected chi connectivity index (χ0v) is 11.2. The molecule has 18 heavy (non-hydrogen) atoms. The second kappa shape index (κ2) is 5.16. The molecule has 0 spiro atoms. The van der Waals surface area contributed by atoms with Gasteiger partial charge in [0.25, 0.3) is 0 Å².